The van der Waals surface area contributed by atoms with Gasteiger partial charge in [0, 0.05) is 32.2 Å². The molecule has 10 heteroatoms. The number of aryl methyl sites for hydroxylation is 1. The van der Waals surface area contributed by atoms with Crippen LogP contribution in [0, 0.1) is 11.3 Å². The number of carbonyl (C=O) groups excluding carboxylic acids is 1. The minimum atomic E-state index is -0.740. The number of rotatable bonds is 5. The van der Waals surface area contributed by atoms with Crippen LogP contribution in [0.3, 0.4) is 0 Å². The summed E-state index contributed by atoms with van der Waals surface area (Å²) in [4.78, 5) is 24.0. The summed E-state index contributed by atoms with van der Waals surface area (Å²) in [7, 11) is 1.64. The van der Waals surface area contributed by atoms with E-state index in [1.54, 1.807) is 31.3 Å². The molecule has 2 aromatic heterocycles. The largest absolute Gasteiger partial charge is 0.419 e. The Hall–Kier alpha value is -3.55. The monoisotopic (exact) mass is 422 g/mol. The van der Waals surface area contributed by atoms with Gasteiger partial charge in [0.2, 0.25) is 0 Å². The van der Waals surface area contributed by atoms with E-state index in [-0.39, 0.29) is 12.3 Å². The lowest BCUT2D eigenvalue weighted by Crippen LogP contribution is -2.46. The van der Waals surface area contributed by atoms with E-state index < -0.39 is 17.9 Å². The van der Waals surface area contributed by atoms with E-state index in [9.17, 15) is 14.9 Å². The van der Waals surface area contributed by atoms with Gasteiger partial charge in [-0.25, -0.2) is 4.79 Å². The number of nitrogens with zero attached hydrogens (tertiary/aromatic N) is 4. The first-order chi connectivity index (χ1) is 15.0. The van der Waals surface area contributed by atoms with Gasteiger partial charge in [-0.15, -0.1) is 0 Å². The number of amides is 1. The van der Waals surface area contributed by atoms with Crippen molar-refractivity contribution in [2.75, 3.05) is 19.7 Å². The van der Waals surface area contributed by atoms with E-state index in [0.717, 1.165) is 18.5 Å². The summed E-state index contributed by atoms with van der Waals surface area (Å²) >= 11 is 0. The minimum absolute atomic E-state index is 0.227. The van der Waals surface area contributed by atoms with E-state index >= 15 is 0 Å². The second-order valence-corrected chi connectivity index (χ2v) is 7.33. The molecule has 0 saturated carbocycles. The molecule has 2 atom stereocenters. The van der Waals surface area contributed by atoms with Crippen molar-refractivity contribution in [2.45, 2.75) is 25.0 Å². The first-order valence-corrected chi connectivity index (χ1v) is 10.00. The molecule has 1 amide bonds. The van der Waals surface area contributed by atoms with Crippen molar-refractivity contribution >= 4 is 17.0 Å². The molecule has 160 valence electrons. The number of nitrogens with one attached hydrogen (secondary N) is 2. The van der Waals surface area contributed by atoms with Crippen LogP contribution in [0.15, 0.2) is 39.5 Å². The predicted octanol–water partition coefficient (Wildman–Crippen LogP) is 0.518. The van der Waals surface area contributed by atoms with Crippen molar-refractivity contribution < 1.29 is 13.9 Å². The lowest BCUT2D eigenvalue weighted by molar-refractivity contribution is -0.132. The molecule has 0 radical (unpaired) electrons. The Bertz CT molecular complexity index is 1170. The molecule has 10 nitrogen and oxygen atoms in total. The van der Waals surface area contributed by atoms with Crippen LogP contribution in [0.25, 0.3) is 22.4 Å². The molecule has 0 spiro atoms. The normalized spacial score (nSPS) is 17.6. The lowest BCUT2D eigenvalue weighted by Gasteiger charge is -2.17. The topological polar surface area (TPSA) is 135 Å². The molecule has 0 unspecified atom stereocenters. The van der Waals surface area contributed by atoms with Gasteiger partial charge in [-0.3, -0.25) is 9.36 Å². The molecule has 1 aromatic carbocycles. The van der Waals surface area contributed by atoms with E-state index in [1.807, 2.05) is 6.07 Å². The molecular formula is C21H22N6O4. The summed E-state index contributed by atoms with van der Waals surface area (Å²) < 4.78 is 12.1. The molecule has 0 aliphatic carbocycles. The predicted molar refractivity (Wildman–Crippen MR) is 111 cm³/mol. The van der Waals surface area contributed by atoms with Gasteiger partial charge in [0.05, 0.1) is 23.0 Å². The van der Waals surface area contributed by atoms with Crippen LogP contribution in [-0.2, 0) is 23.0 Å². The first kappa shape index (κ1) is 20.7. The number of ether oxygens (including phenoxy) is 1. The van der Waals surface area contributed by atoms with Gasteiger partial charge >= 0.3 is 5.76 Å². The lowest BCUT2D eigenvalue weighted by atomic mass is 10.1. The fraction of sp³-hybridized carbons (Fsp3) is 0.381. The Morgan fingerprint density at radius 1 is 1.39 bits per heavy atom. The van der Waals surface area contributed by atoms with Gasteiger partial charge in [-0.2, -0.15) is 15.5 Å². The molecule has 1 aliphatic rings. The number of oxazole rings is 1. The molecule has 1 aliphatic heterocycles. The number of hydrogen-bond donors (Lipinski definition) is 2. The van der Waals surface area contributed by atoms with Gasteiger partial charge < -0.3 is 19.8 Å². The molecule has 4 rings (SSSR count). The third-order valence-electron chi connectivity index (χ3n) is 5.13. The fourth-order valence-electron chi connectivity index (χ4n) is 3.39. The highest BCUT2D eigenvalue weighted by Crippen LogP contribution is 2.22. The first-order valence-electron chi connectivity index (χ1n) is 10.00. The maximum Gasteiger partial charge on any atom is 0.419 e. The zero-order valence-corrected chi connectivity index (χ0v) is 17.0. The van der Waals surface area contributed by atoms with Crippen LogP contribution in [0.4, 0.5) is 0 Å². The standard InChI is InChI=1S/C21H22N6O4/c1-27-17-9-13(3-6-18(17)31-21(27)29)16-5-4-14(25-26-16)10-15(11-22)24-20(28)19-12-23-7-2-8-30-19/h3-6,9,15,19,23H,2,7-8,10,12H2,1H3,(H,24,28)/t15-,19+/m1/s1. The molecule has 31 heavy (non-hydrogen) atoms. The van der Waals surface area contributed by atoms with Gasteiger partial charge in [-0.05, 0) is 43.3 Å². The van der Waals surface area contributed by atoms with Gasteiger partial charge in [0.25, 0.3) is 5.91 Å². The summed E-state index contributed by atoms with van der Waals surface area (Å²) in [5, 5.41) is 23.7. The SMILES string of the molecule is Cn1c(=O)oc2ccc(-c3ccc(C[C@H](C#N)NC(=O)[C@@H]4CNCCCO4)nn3)cc21. The van der Waals surface area contributed by atoms with Gasteiger partial charge in [0.15, 0.2) is 5.58 Å². The molecular weight excluding hydrogens is 400 g/mol. The van der Waals surface area contributed by atoms with E-state index in [2.05, 4.69) is 26.9 Å². The van der Waals surface area contributed by atoms with Crippen molar-refractivity contribution in [1.82, 2.24) is 25.4 Å². The summed E-state index contributed by atoms with van der Waals surface area (Å²) in [6, 6.07) is 10.2. The highest BCUT2D eigenvalue weighted by molar-refractivity contribution is 5.82. The number of hydrogen-bond acceptors (Lipinski definition) is 8. The fourth-order valence-corrected chi connectivity index (χ4v) is 3.39. The second-order valence-electron chi connectivity index (χ2n) is 7.33. The number of benzene rings is 1. The third-order valence-corrected chi connectivity index (χ3v) is 5.13. The number of aromatic nitrogens is 3. The quantitative estimate of drug-likeness (QED) is 0.607. The molecule has 1 saturated heterocycles. The summed E-state index contributed by atoms with van der Waals surface area (Å²) in [6.45, 7) is 1.73. The van der Waals surface area contributed by atoms with Crippen molar-refractivity contribution in [2.24, 2.45) is 7.05 Å². The Balaban J connectivity index is 1.43. The maximum atomic E-state index is 12.4. The van der Waals surface area contributed by atoms with Crippen LogP contribution in [0.5, 0.6) is 0 Å². The maximum absolute atomic E-state index is 12.4. The molecule has 3 aromatic rings. The molecule has 1 fully saturated rings. The van der Waals surface area contributed by atoms with Crippen LogP contribution >= 0.6 is 0 Å². The van der Waals surface area contributed by atoms with Crippen LogP contribution in [0.2, 0.25) is 0 Å². The summed E-state index contributed by atoms with van der Waals surface area (Å²) in [6.07, 6.45) is 0.461. The zero-order valence-electron chi connectivity index (χ0n) is 17.0. The molecule has 2 N–H and O–H groups in total. The van der Waals surface area contributed by atoms with Crippen LogP contribution < -0.4 is 16.4 Å². The summed E-state index contributed by atoms with van der Waals surface area (Å²) in [5.74, 6) is -0.743. The summed E-state index contributed by atoms with van der Waals surface area (Å²) in [5.41, 5.74) is 3.14. The van der Waals surface area contributed by atoms with Crippen molar-refractivity contribution in [3.63, 3.8) is 0 Å². The Labute approximate surface area is 177 Å². The van der Waals surface area contributed by atoms with Crippen LogP contribution in [-0.4, -0.2) is 52.5 Å². The van der Waals surface area contributed by atoms with Gasteiger partial charge in [-0.1, -0.05) is 0 Å². The number of nitriles is 1. The van der Waals surface area contributed by atoms with E-state index in [0.29, 0.717) is 35.6 Å². The van der Waals surface area contributed by atoms with Crippen molar-refractivity contribution in [3.05, 3.63) is 46.6 Å². The highest BCUT2D eigenvalue weighted by Gasteiger charge is 2.23. The van der Waals surface area contributed by atoms with Gasteiger partial charge in [0.1, 0.15) is 12.1 Å². The third kappa shape index (κ3) is 4.63. The second kappa shape index (κ2) is 9.07. The Morgan fingerprint density at radius 2 is 2.26 bits per heavy atom. The Morgan fingerprint density at radius 3 is 3.03 bits per heavy atom. The smallest absolute Gasteiger partial charge is 0.408 e. The zero-order chi connectivity index (χ0) is 21.8. The number of fused-ring (bicyclic) bond motifs is 1. The van der Waals surface area contributed by atoms with Crippen molar-refractivity contribution in [3.8, 4) is 17.3 Å². The average Bonchev–Trinajstić information content (AvgIpc) is 2.96. The highest BCUT2D eigenvalue weighted by atomic mass is 16.5. The molecule has 0 bridgehead atoms. The Kier molecular flexibility index (Phi) is 6.06. The molecule has 3 heterocycles. The van der Waals surface area contributed by atoms with Crippen LogP contribution in [0.1, 0.15) is 12.1 Å². The van der Waals surface area contributed by atoms with E-state index in [4.69, 9.17) is 9.15 Å². The van der Waals surface area contributed by atoms with E-state index in [1.165, 1.54) is 4.57 Å². The average molecular weight is 422 g/mol. The number of carbonyl (C=O) groups is 1. The minimum Gasteiger partial charge on any atom is -0.408 e. The van der Waals surface area contributed by atoms with Crippen molar-refractivity contribution in [1.29, 1.82) is 5.26 Å².